The van der Waals surface area contributed by atoms with Gasteiger partial charge in [-0.3, -0.25) is 14.4 Å². The number of nitrogens with zero attached hydrogens (tertiary/aromatic N) is 2. The highest BCUT2D eigenvalue weighted by atomic mass is 16.5. The molecule has 0 aliphatic carbocycles. The van der Waals surface area contributed by atoms with E-state index in [1.165, 1.54) is 0 Å². The van der Waals surface area contributed by atoms with Crippen LogP contribution in [-0.4, -0.2) is 71.6 Å². The van der Waals surface area contributed by atoms with E-state index >= 15 is 0 Å². The Bertz CT molecular complexity index is 818. The lowest BCUT2D eigenvalue weighted by Gasteiger charge is -2.38. The second-order valence-corrected chi connectivity index (χ2v) is 8.17. The van der Waals surface area contributed by atoms with Gasteiger partial charge in [-0.15, -0.1) is 0 Å². The lowest BCUT2D eigenvalue weighted by molar-refractivity contribution is -0.148. The molecule has 8 heteroatoms. The van der Waals surface area contributed by atoms with Crippen LogP contribution in [0.5, 0.6) is 5.75 Å². The van der Waals surface area contributed by atoms with E-state index in [2.05, 4.69) is 5.32 Å². The highest BCUT2D eigenvalue weighted by Gasteiger charge is 2.43. The summed E-state index contributed by atoms with van der Waals surface area (Å²) < 4.78 is 11.8. The molecule has 29 heavy (non-hydrogen) atoms. The molecule has 3 aliphatic heterocycles. The maximum Gasteiger partial charge on any atom is 0.258 e. The van der Waals surface area contributed by atoms with Crippen molar-refractivity contribution in [1.29, 1.82) is 0 Å². The number of hydrogen-bond acceptors (Lipinski definition) is 5. The lowest BCUT2D eigenvalue weighted by atomic mass is 10.0. The minimum atomic E-state index is -0.916. The summed E-state index contributed by atoms with van der Waals surface area (Å²) in [6.07, 6.45) is 0.990. The van der Waals surface area contributed by atoms with Gasteiger partial charge in [-0.1, -0.05) is 12.1 Å². The number of amides is 3. The Morgan fingerprint density at radius 2 is 1.90 bits per heavy atom. The van der Waals surface area contributed by atoms with Crippen molar-refractivity contribution in [3.8, 4) is 5.75 Å². The van der Waals surface area contributed by atoms with Crippen molar-refractivity contribution in [3.63, 3.8) is 0 Å². The fourth-order valence-electron chi connectivity index (χ4n) is 4.32. The van der Waals surface area contributed by atoms with E-state index in [0.29, 0.717) is 43.8 Å². The van der Waals surface area contributed by atoms with Crippen molar-refractivity contribution >= 4 is 17.7 Å². The lowest BCUT2D eigenvalue weighted by Crippen LogP contribution is -2.56. The van der Waals surface area contributed by atoms with Crippen LogP contribution in [-0.2, 0) is 14.3 Å². The summed E-state index contributed by atoms with van der Waals surface area (Å²) in [5.41, 5.74) is -0.419. The minimum Gasteiger partial charge on any atom is -0.467 e. The van der Waals surface area contributed by atoms with E-state index in [1.807, 2.05) is 19.9 Å². The van der Waals surface area contributed by atoms with E-state index in [4.69, 9.17) is 9.47 Å². The Balaban J connectivity index is 1.43. The predicted molar refractivity (Wildman–Crippen MR) is 104 cm³/mol. The van der Waals surface area contributed by atoms with Crippen LogP contribution in [0.3, 0.4) is 0 Å². The van der Waals surface area contributed by atoms with Crippen LogP contribution >= 0.6 is 0 Å². The zero-order valence-corrected chi connectivity index (χ0v) is 16.8. The molecule has 3 atom stereocenters. The monoisotopic (exact) mass is 401 g/mol. The largest absolute Gasteiger partial charge is 0.467 e. The van der Waals surface area contributed by atoms with Crippen molar-refractivity contribution in [2.75, 3.05) is 26.2 Å². The van der Waals surface area contributed by atoms with E-state index in [1.54, 1.807) is 28.0 Å². The summed E-state index contributed by atoms with van der Waals surface area (Å²) in [7, 11) is 0. The minimum absolute atomic E-state index is 0.0169. The molecule has 8 nitrogen and oxygen atoms in total. The second kappa shape index (κ2) is 7.67. The number of carbonyl (C=O) groups is 3. The third-order valence-electron chi connectivity index (χ3n) is 5.76. The van der Waals surface area contributed by atoms with E-state index in [9.17, 15) is 14.4 Å². The maximum atomic E-state index is 12.8. The van der Waals surface area contributed by atoms with E-state index < -0.39 is 5.72 Å². The van der Waals surface area contributed by atoms with Crippen molar-refractivity contribution in [1.82, 2.24) is 15.1 Å². The standard InChI is InChI=1S/C21H27N3O5/c1-14-11-24(12-15(2)28-14)19(26)13-23-10-9-21(8-7-18(23)25)22-20(27)16-5-3-4-6-17(16)29-21/h3-6,14-15H,7-13H2,1-2H3,(H,22,27). The van der Waals surface area contributed by atoms with E-state index in [0.717, 1.165) is 0 Å². The van der Waals surface area contributed by atoms with Crippen molar-refractivity contribution < 1.29 is 23.9 Å². The van der Waals surface area contributed by atoms with Crippen LogP contribution in [0.15, 0.2) is 24.3 Å². The van der Waals surface area contributed by atoms with Crippen molar-refractivity contribution in [2.45, 2.75) is 51.0 Å². The molecule has 0 saturated carbocycles. The normalized spacial score (nSPS) is 29.7. The Hall–Kier alpha value is -2.61. The van der Waals surface area contributed by atoms with Gasteiger partial charge in [0.1, 0.15) is 5.75 Å². The molecule has 156 valence electrons. The number of para-hydroxylation sites is 1. The van der Waals surface area contributed by atoms with Gasteiger partial charge in [0.15, 0.2) is 5.72 Å². The summed E-state index contributed by atoms with van der Waals surface area (Å²) in [6.45, 7) is 5.34. The van der Waals surface area contributed by atoms with Gasteiger partial charge < -0.3 is 24.6 Å². The number of benzene rings is 1. The molecular formula is C21H27N3O5. The Morgan fingerprint density at radius 3 is 2.66 bits per heavy atom. The number of hydrogen-bond donors (Lipinski definition) is 1. The molecule has 4 rings (SSSR count). The first-order valence-electron chi connectivity index (χ1n) is 10.2. The molecule has 2 saturated heterocycles. The van der Waals surface area contributed by atoms with Crippen LogP contribution in [0.2, 0.25) is 0 Å². The van der Waals surface area contributed by atoms with Gasteiger partial charge in [0.25, 0.3) is 5.91 Å². The van der Waals surface area contributed by atoms with Crippen LogP contribution in [0.1, 0.15) is 43.5 Å². The average Bonchev–Trinajstić information content (AvgIpc) is 2.81. The van der Waals surface area contributed by atoms with Gasteiger partial charge >= 0.3 is 0 Å². The molecule has 3 amide bonds. The smallest absolute Gasteiger partial charge is 0.258 e. The van der Waals surface area contributed by atoms with Gasteiger partial charge in [0.05, 0.1) is 24.3 Å². The molecule has 1 spiro atoms. The van der Waals surface area contributed by atoms with Crippen molar-refractivity contribution in [3.05, 3.63) is 29.8 Å². The molecule has 0 aromatic heterocycles. The van der Waals surface area contributed by atoms with Crippen LogP contribution in [0.4, 0.5) is 0 Å². The van der Waals surface area contributed by atoms with Gasteiger partial charge in [0.2, 0.25) is 11.8 Å². The first-order valence-corrected chi connectivity index (χ1v) is 10.2. The number of fused-ring (bicyclic) bond motifs is 1. The number of ether oxygens (including phenoxy) is 2. The predicted octanol–water partition coefficient (Wildman–Crippen LogP) is 1.15. The fraction of sp³-hybridized carbons (Fsp3) is 0.571. The Labute approximate surface area is 170 Å². The first-order chi connectivity index (χ1) is 13.8. The molecule has 1 N–H and O–H groups in total. The third kappa shape index (κ3) is 4.07. The third-order valence-corrected chi connectivity index (χ3v) is 5.76. The zero-order valence-electron chi connectivity index (χ0n) is 16.8. The molecule has 0 radical (unpaired) electrons. The molecule has 3 heterocycles. The zero-order chi connectivity index (χ0) is 20.6. The van der Waals surface area contributed by atoms with Crippen LogP contribution in [0.25, 0.3) is 0 Å². The Kier molecular flexibility index (Phi) is 5.21. The fourth-order valence-corrected chi connectivity index (χ4v) is 4.32. The molecule has 2 fully saturated rings. The quantitative estimate of drug-likeness (QED) is 0.803. The summed E-state index contributed by atoms with van der Waals surface area (Å²) >= 11 is 0. The Morgan fingerprint density at radius 1 is 1.17 bits per heavy atom. The first kappa shape index (κ1) is 19.7. The summed E-state index contributed by atoms with van der Waals surface area (Å²) in [4.78, 5) is 41.3. The SMILES string of the molecule is CC1CN(C(=O)CN2CCC3(CCC2=O)NC(=O)c2ccccc2O3)CC(C)O1. The maximum absolute atomic E-state index is 12.8. The number of rotatable bonds is 2. The number of likely N-dealkylation sites (tertiary alicyclic amines) is 1. The van der Waals surface area contributed by atoms with Gasteiger partial charge in [-0.2, -0.15) is 0 Å². The van der Waals surface area contributed by atoms with Crippen LogP contribution in [0, 0.1) is 0 Å². The van der Waals surface area contributed by atoms with Gasteiger partial charge in [-0.05, 0) is 26.0 Å². The molecular weight excluding hydrogens is 374 g/mol. The highest BCUT2D eigenvalue weighted by molar-refractivity contribution is 5.98. The van der Waals surface area contributed by atoms with Gasteiger partial charge in [-0.25, -0.2) is 0 Å². The molecule has 1 aromatic rings. The molecule has 3 aliphatic rings. The summed E-state index contributed by atoms with van der Waals surface area (Å²) in [5.74, 6) is 0.168. The number of nitrogens with one attached hydrogen (secondary N) is 1. The number of morpholine rings is 1. The van der Waals surface area contributed by atoms with Crippen molar-refractivity contribution in [2.24, 2.45) is 0 Å². The summed E-state index contributed by atoms with van der Waals surface area (Å²) in [6, 6.07) is 7.10. The second-order valence-electron chi connectivity index (χ2n) is 8.17. The molecule has 1 aromatic carbocycles. The molecule has 3 unspecified atom stereocenters. The molecule has 0 bridgehead atoms. The highest BCUT2D eigenvalue weighted by Crippen LogP contribution is 2.33. The number of carbonyl (C=O) groups excluding carboxylic acids is 3. The summed E-state index contributed by atoms with van der Waals surface area (Å²) in [5, 5.41) is 2.95. The average molecular weight is 401 g/mol. The van der Waals surface area contributed by atoms with Gasteiger partial charge in [0, 0.05) is 38.9 Å². The van der Waals surface area contributed by atoms with Crippen LogP contribution < -0.4 is 10.1 Å². The van der Waals surface area contributed by atoms with E-state index in [-0.39, 0.29) is 42.9 Å². The topological polar surface area (TPSA) is 88.2 Å².